The van der Waals surface area contributed by atoms with Gasteiger partial charge in [-0.05, 0) is 0 Å². The molecule has 0 rings (SSSR count). The van der Waals surface area contributed by atoms with E-state index in [1.807, 2.05) is 0 Å². The van der Waals surface area contributed by atoms with Gasteiger partial charge in [-0.2, -0.15) is 0 Å². The van der Waals surface area contributed by atoms with Crippen LogP contribution in [-0.2, 0) is 4.79 Å². The molecule has 0 saturated carbocycles. The van der Waals surface area contributed by atoms with Crippen LogP contribution in [0.3, 0.4) is 0 Å². The number of nitrogens with one attached hydrogen (secondary N) is 1. The van der Waals surface area contributed by atoms with Gasteiger partial charge in [-0.15, -0.1) is 0 Å². The summed E-state index contributed by atoms with van der Waals surface area (Å²) in [4.78, 5) is 11.8. The van der Waals surface area contributed by atoms with Crippen molar-refractivity contribution in [3.63, 3.8) is 0 Å². The SMILES string of the molecule is C=C=C(NC)[I-](C)(O)C=O. The maximum atomic E-state index is 10.3. The molecule has 0 fully saturated rings. The number of rotatable bonds is 3. The van der Waals surface area contributed by atoms with E-state index in [1.54, 1.807) is 12.0 Å². The Morgan fingerprint density at radius 3 is 2.50 bits per heavy atom. The van der Waals surface area contributed by atoms with Crippen LogP contribution >= 0.6 is 0 Å². The molecule has 0 aromatic carbocycles. The summed E-state index contributed by atoms with van der Waals surface area (Å²) in [6.07, 6.45) is 0. The normalized spacial score (nSPS) is 17.9. The van der Waals surface area contributed by atoms with E-state index in [2.05, 4.69) is 17.6 Å². The third-order valence-corrected chi connectivity index (χ3v) is 5.03. The van der Waals surface area contributed by atoms with Crippen molar-refractivity contribution in [3.8, 4) is 0 Å². The Morgan fingerprint density at radius 2 is 2.40 bits per heavy atom. The summed E-state index contributed by atoms with van der Waals surface area (Å²) in [5, 5.41) is 2.68. The van der Waals surface area contributed by atoms with Crippen LogP contribution < -0.4 is 24.2 Å². The third kappa shape index (κ3) is 2.13. The molecule has 0 aliphatic heterocycles. The Hall–Kier alpha value is -0.320. The first-order chi connectivity index (χ1) is 4.58. The van der Waals surface area contributed by atoms with Gasteiger partial charge in [0, 0.05) is 0 Å². The molecule has 0 aliphatic rings. The summed E-state index contributed by atoms with van der Waals surface area (Å²) in [5.74, 6) is 0. The van der Waals surface area contributed by atoms with E-state index in [0.29, 0.717) is 8.00 Å². The molecular formula is C6H11INO2-. The first-order valence-corrected chi connectivity index (χ1v) is 7.99. The number of alkyl halides is 1. The average Bonchev–Trinajstić information content (AvgIpc) is 1.90. The predicted molar refractivity (Wildman–Crippen MR) is 36.6 cm³/mol. The molecule has 0 aromatic heterocycles. The molecule has 0 spiro atoms. The molecule has 0 saturated heterocycles. The van der Waals surface area contributed by atoms with Crippen LogP contribution in [0.15, 0.2) is 16.0 Å². The molecule has 1 unspecified atom stereocenters. The fourth-order valence-electron chi connectivity index (χ4n) is 0.460. The van der Waals surface area contributed by atoms with E-state index in [9.17, 15) is 8.23 Å². The molecule has 3 nitrogen and oxygen atoms in total. The van der Waals surface area contributed by atoms with Gasteiger partial charge in [-0.3, -0.25) is 0 Å². The van der Waals surface area contributed by atoms with Gasteiger partial charge in [0.2, 0.25) is 0 Å². The topological polar surface area (TPSA) is 49.3 Å². The van der Waals surface area contributed by atoms with E-state index in [0.717, 1.165) is 0 Å². The molecule has 0 amide bonds. The number of carbonyl (C=O) groups is 1. The van der Waals surface area contributed by atoms with Crippen molar-refractivity contribution in [2.45, 2.75) is 0 Å². The summed E-state index contributed by atoms with van der Waals surface area (Å²) < 4.78 is 10.5. The molecule has 60 valence electrons. The van der Waals surface area contributed by atoms with E-state index in [-0.39, 0.29) is 0 Å². The second-order valence-corrected chi connectivity index (χ2v) is 8.24. The van der Waals surface area contributed by atoms with Crippen LogP contribution in [0.1, 0.15) is 0 Å². The van der Waals surface area contributed by atoms with Crippen LogP contribution in [-0.4, -0.2) is 19.7 Å². The molecular weight excluding hydrogens is 245 g/mol. The maximum absolute atomic E-state index is 10.3. The van der Waals surface area contributed by atoms with Crippen molar-refractivity contribution in [1.82, 2.24) is 5.32 Å². The molecule has 0 heterocycles. The molecule has 2 N–H and O–H groups in total. The van der Waals surface area contributed by atoms with Crippen LogP contribution in [0.25, 0.3) is 0 Å². The standard InChI is InChI=1S/C6H11INO2/c1-4-6(8-3)7(2,10)5-9/h5,8,10H,1H2,2-3H3/q-1. The second-order valence-electron chi connectivity index (χ2n) is 1.70. The summed E-state index contributed by atoms with van der Waals surface area (Å²) >= 11 is -3.26. The predicted octanol–water partition coefficient (Wildman–Crippen LogP) is -3.28. The molecule has 0 radical (unpaired) electrons. The molecule has 10 heavy (non-hydrogen) atoms. The first-order valence-electron chi connectivity index (χ1n) is 2.54. The average molecular weight is 256 g/mol. The Balaban J connectivity index is 4.60. The molecule has 0 aromatic rings. The molecule has 0 bridgehead atoms. The van der Waals surface area contributed by atoms with Crippen molar-refractivity contribution in [2.24, 2.45) is 0 Å². The van der Waals surface area contributed by atoms with E-state index in [1.165, 1.54) is 0 Å². The van der Waals surface area contributed by atoms with Crippen molar-refractivity contribution in [2.75, 3.05) is 12.0 Å². The van der Waals surface area contributed by atoms with Crippen LogP contribution in [0.5, 0.6) is 0 Å². The molecule has 1 atom stereocenters. The number of halogens is 1. The van der Waals surface area contributed by atoms with E-state index >= 15 is 0 Å². The number of hydrogen-bond donors (Lipinski definition) is 2. The Labute approximate surface area is 64.9 Å². The quantitative estimate of drug-likeness (QED) is 0.139. The summed E-state index contributed by atoms with van der Waals surface area (Å²) in [6.45, 7) is 3.35. The van der Waals surface area contributed by atoms with Gasteiger partial charge in [0.25, 0.3) is 0 Å². The van der Waals surface area contributed by atoms with Gasteiger partial charge in [0.15, 0.2) is 0 Å². The number of hydrogen-bond acceptors (Lipinski definition) is 3. The Morgan fingerprint density at radius 1 is 1.90 bits per heavy atom. The van der Waals surface area contributed by atoms with Gasteiger partial charge < -0.3 is 0 Å². The third-order valence-electron chi connectivity index (χ3n) is 0.931. The summed E-state index contributed by atoms with van der Waals surface area (Å²) in [7, 11) is 1.63. The van der Waals surface area contributed by atoms with Crippen molar-refractivity contribution < 1.29 is 27.1 Å². The molecule has 0 aliphatic carbocycles. The van der Waals surface area contributed by atoms with Crippen LogP contribution in [0.4, 0.5) is 0 Å². The van der Waals surface area contributed by atoms with Crippen LogP contribution in [0, 0.1) is 0 Å². The monoisotopic (exact) mass is 256 g/mol. The minimum absolute atomic E-state index is 0.460. The van der Waals surface area contributed by atoms with Gasteiger partial charge in [0.05, 0.1) is 0 Å². The fourth-order valence-corrected chi connectivity index (χ4v) is 2.58. The van der Waals surface area contributed by atoms with E-state index < -0.39 is 18.8 Å². The van der Waals surface area contributed by atoms with Crippen LogP contribution in [0.2, 0.25) is 0 Å². The van der Waals surface area contributed by atoms with E-state index in [4.69, 9.17) is 0 Å². The minimum atomic E-state index is -3.26. The zero-order chi connectivity index (χ0) is 8.20. The van der Waals surface area contributed by atoms with Gasteiger partial charge in [0.1, 0.15) is 0 Å². The fraction of sp³-hybridized carbons (Fsp3) is 0.333. The summed E-state index contributed by atoms with van der Waals surface area (Å²) in [6, 6.07) is 0. The van der Waals surface area contributed by atoms with Gasteiger partial charge in [-0.25, -0.2) is 0 Å². The first kappa shape index (κ1) is 9.68. The zero-order valence-corrected chi connectivity index (χ0v) is 8.18. The van der Waals surface area contributed by atoms with Crippen molar-refractivity contribution >= 4 is 4.29 Å². The Bertz CT molecular complexity index is 182. The zero-order valence-electron chi connectivity index (χ0n) is 6.02. The van der Waals surface area contributed by atoms with Gasteiger partial charge in [-0.1, -0.05) is 0 Å². The van der Waals surface area contributed by atoms with Gasteiger partial charge >= 0.3 is 64.7 Å². The summed E-state index contributed by atoms with van der Waals surface area (Å²) in [5.41, 5.74) is 2.50. The Kier molecular flexibility index (Phi) is 3.63. The van der Waals surface area contributed by atoms with Crippen molar-refractivity contribution in [3.05, 3.63) is 16.0 Å². The van der Waals surface area contributed by atoms with Crippen molar-refractivity contribution in [1.29, 1.82) is 0 Å². The second kappa shape index (κ2) is 3.75. The number of carbonyl (C=O) groups excluding carboxylic acids is 1. The molecule has 4 heteroatoms.